The minimum atomic E-state index is 0.0564. The molecule has 2 unspecified atom stereocenters. The Morgan fingerprint density at radius 2 is 2.14 bits per heavy atom. The van der Waals surface area contributed by atoms with Gasteiger partial charge in [0.05, 0.1) is 17.8 Å². The molecular weight excluding hydrogens is 264 g/mol. The number of amides is 1. The number of anilines is 3. The van der Waals surface area contributed by atoms with Crippen molar-refractivity contribution in [3.63, 3.8) is 0 Å². The molecule has 0 saturated carbocycles. The molecule has 3 aliphatic heterocycles. The average molecular weight is 286 g/mol. The standard InChI is InChI=1S/C16H22N4O/c17-11-7-10-8-16(21)19-13(10)9-14(11)18-12-4-6-20-5-2-1-3-15(12)20/h7,9,12,15,18H,1-6,8,17H2,(H,19,21). The van der Waals surface area contributed by atoms with E-state index in [0.29, 0.717) is 18.5 Å². The second-order valence-electron chi connectivity index (χ2n) is 6.46. The van der Waals surface area contributed by atoms with Crippen molar-refractivity contribution in [2.45, 2.75) is 44.2 Å². The number of nitrogens with zero attached hydrogens (tertiary/aromatic N) is 1. The lowest BCUT2D eigenvalue weighted by Crippen LogP contribution is -2.41. The summed E-state index contributed by atoms with van der Waals surface area (Å²) in [6.07, 6.45) is 5.55. The van der Waals surface area contributed by atoms with E-state index in [4.69, 9.17) is 5.73 Å². The Morgan fingerprint density at radius 3 is 3.05 bits per heavy atom. The summed E-state index contributed by atoms with van der Waals surface area (Å²) in [6, 6.07) is 5.05. The maximum atomic E-state index is 11.5. The molecule has 1 aromatic carbocycles. The minimum absolute atomic E-state index is 0.0564. The van der Waals surface area contributed by atoms with Crippen molar-refractivity contribution in [1.82, 2.24) is 4.90 Å². The average Bonchev–Trinajstić information content (AvgIpc) is 3.02. The van der Waals surface area contributed by atoms with Gasteiger partial charge in [0, 0.05) is 24.3 Å². The van der Waals surface area contributed by atoms with Crippen molar-refractivity contribution >= 4 is 23.0 Å². The van der Waals surface area contributed by atoms with Crippen molar-refractivity contribution < 1.29 is 4.79 Å². The van der Waals surface area contributed by atoms with Crippen LogP contribution in [0.15, 0.2) is 12.1 Å². The van der Waals surface area contributed by atoms with E-state index < -0.39 is 0 Å². The Labute approximate surface area is 124 Å². The molecule has 2 fully saturated rings. The Bertz CT molecular complexity index is 586. The van der Waals surface area contributed by atoms with Crippen LogP contribution in [0.3, 0.4) is 0 Å². The van der Waals surface area contributed by atoms with E-state index in [1.54, 1.807) is 0 Å². The summed E-state index contributed by atoms with van der Waals surface area (Å²) in [5, 5.41) is 6.54. The summed E-state index contributed by atoms with van der Waals surface area (Å²) in [6.45, 7) is 2.42. The first-order valence-electron chi connectivity index (χ1n) is 7.93. The first-order chi connectivity index (χ1) is 10.2. The van der Waals surface area contributed by atoms with Crippen LogP contribution in [0.1, 0.15) is 31.2 Å². The van der Waals surface area contributed by atoms with Crippen LogP contribution in [0.5, 0.6) is 0 Å². The Kier molecular flexibility index (Phi) is 3.03. The van der Waals surface area contributed by atoms with Crippen LogP contribution in [0.25, 0.3) is 0 Å². The molecule has 1 aromatic rings. The van der Waals surface area contributed by atoms with Gasteiger partial charge < -0.3 is 16.4 Å². The molecule has 4 N–H and O–H groups in total. The molecule has 1 amide bonds. The van der Waals surface area contributed by atoms with Gasteiger partial charge in [-0.1, -0.05) is 6.42 Å². The molecule has 0 aliphatic carbocycles. The molecule has 5 heteroatoms. The quantitative estimate of drug-likeness (QED) is 0.725. The lowest BCUT2D eigenvalue weighted by atomic mass is 9.98. The predicted octanol–water partition coefficient (Wildman–Crippen LogP) is 1.80. The van der Waals surface area contributed by atoms with E-state index in [-0.39, 0.29) is 5.91 Å². The highest BCUT2D eigenvalue weighted by Gasteiger charge is 2.35. The third kappa shape index (κ3) is 2.25. The van der Waals surface area contributed by atoms with Gasteiger partial charge in [0.2, 0.25) is 5.91 Å². The molecule has 0 spiro atoms. The number of hydrogen-bond acceptors (Lipinski definition) is 4. The van der Waals surface area contributed by atoms with Gasteiger partial charge in [-0.2, -0.15) is 0 Å². The van der Waals surface area contributed by atoms with E-state index in [2.05, 4.69) is 15.5 Å². The van der Waals surface area contributed by atoms with Crippen LogP contribution >= 0.6 is 0 Å². The second kappa shape index (κ2) is 4.91. The maximum absolute atomic E-state index is 11.5. The first kappa shape index (κ1) is 13.0. The smallest absolute Gasteiger partial charge is 0.228 e. The molecule has 0 radical (unpaired) electrons. The number of fused-ring (bicyclic) bond motifs is 2. The number of carbonyl (C=O) groups excluding carboxylic acids is 1. The summed E-state index contributed by atoms with van der Waals surface area (Å²) < 4.78 is 0. The zero-order valence-electron chi connectivity index (χ0n) is 12.2. The summed E-state index contributed by atoms with van der Waals surface area (Å²) in [5.41, 5.74) is 9.81. The Morgan fingerprint density at radius 1 is 1.24 bits per heavy atom. The lowest BCUT2D eigenvalue weighted by Gasteiger charge is -2.33. The zero-order chi connectivity index (χ0) is 14.4. The summed E-state index contributed by atoms with van der Waals surface area (Å²) in [4.78, 5) is 14.1. The number of benzene rings is 1. The SMILES string of the molecule is Nc1cc2c(cc1NC1CCN3CCCCC13)NC(=O)C2. The van der Waals surface area contributed by atoms with Gasteiger partial charge in [0.15, 0.2) is 0 Å². The zero-order valence-corrected chi connectivity index (χ0v) is 12.2. The van der Waals surface area contributed by atoms with Crippen LogP contribution in [0.4, 0.5) is 17.1 Å². The number of rotatable bonds is 2. The lowest BCUT2D eigenvalue weighted by molar-refractivity contribution is -0.115. The second-order valence-corrected chi connectivity index (χ2v) is 6.46. The van der Waals surface area contributed by atoms with Crippen molar-refractivity contribution in [3.8, 4) is 0 Å². The Balaban J connectivity index is 1.55. The molecule has 21 heavy (non-hydrogen) atoms. The number of nitrogens with one attached hydrogen (secondary N) is 2. The highest BCUT2D eigenvalue weighted by atomic mass is 16.1. The van der Waals surface area contributed by atoms with Gasteiger partial charge in [-0.3, -0.25) is 9.69 Å². The van der Waals surface area contributed by atoms with E-state index in [0.717, 1.165) is 22.6 Å². The highest BCUT2D eigenvalue weighted by Crippen LogP contribution is 2.35. The molecule has 2 atom stereocenters. The van der Waals surface area contributed by atoms with E-state index in [1.165, 1.54) is 38.8 Å². The van der Waals surface area contributed by atoms with Gasteiger partial charge in [0.1, 0.15) is 0 Å². The fraction of sp³-hybridized carbons (Fsp3) is 0.562. The van der Waals surface area contributed by atoms with Crippen molar-refractivity contribution in [3.05, 3.63) is 17.7 Å². The Hall–Kier alpha value is -1.75. The van der Waals surface area contributed by atoms with Gasteiger partial charge >= 0.3 is 0 Å². The topological polar surface area (TPSA) is 70.4 Å². The maximum Gasteiger partial charge on any atom is 0.228 e. The van der Waals surface area contributed by atoms with E-state index >= 15 is 0 Å². The van der Waals surface area contributed by atoms with Gasteiger partial charge in [-0.05, 0) is 43.5 Å². The molecule has 0 bridgehead atoms. The molecule has 2 saturated heterocycles. The third-order valence-electron chi connectivity index (χ3n) is 5.10. The van der Waals surface area contributed by atoms with E-state index in [9.17, 15) is 4.79 Å². The predicted molar refractivity (Wildman–Crippen MR) is 84.4 cm³/mol. The molecule has 5 nitrogen and oxygen atoms in total. The molecule has 0 aromatic heterocycles. The van der Waals surface area contributed by atoms with Crippen LogP contribution < -0.4 is 16.4 Å². The van der Waals surface area contributed by atoms with Crippen LogP contribution in [-0.2, 0) is 11.2 Å². The van der Waals surface area contributed by atoms with E-state index in [1.807, 2.05) is 12.1 Å². The summed E-state index contributed by atoms with van der Waals surface area (Å²) in [7, 11) is 0. The molecule has 3 aliphatic rings. The number of nitrogen functional groups attached to an aromatic ring is 1. The number of piperidine rings is 1. The fourth-order valence-electron chi connectivity index (χ4n) is 4.03. The molecule has 112 valence electrons. The molecule has 3 heterocycles. The van der Waals surface area contributed by atoms with Crippen molar-refractivity contribution in [1.29, 1.82) is 0 Å². The number of nitrogens with two attached hydrogens (primary N) is 1. The van der Waals surface area contributed by atoms with Crippen LogP contribution in [0.2, 0.25) is 0 Å². The summed E-state index contributed by atoms with van der Waals surface area (Å²) >= 11 is 0. The highest BCUT2D eigenvalue weighted by molar-refractivity contribution is 6.00. The normalized spacial score (nSPS) is 28.1. The van der Waals surface area contributed by atoms with Crippen LogP contribution in [0, 0.1) is 0 Å². The minimum Gasteiger partial charge on any atom is -0.397 e. The first-order valence-corrected chi connectivity index (χ1v) is 7.93. The van der Waals surface area contributed by atoms with Crippen molar-refractivity contribution in [2.24, 2.45) is 0 Å². The van der Waals surface area contributed by atoms with Gasteiger partial charge in [-0.25, -0.2) is 0 Å². The third-order valence-corrected chi connectivity index (χ3v) is 5.10. The molecular formula is C16H22N4O. The number of hydrogen-bond donors (Lipinski definition) is 3. The molecule has 4 rings (SSSR count). The van der Waals surface area contributed by atoms with Gasteiger partial charge in [-0.15, -0.1) is 0 Å². The largest absolute Gasteiger partial charge is 0.397 e. The van der Waals surface area contributed by atoms with Crippen molar-refractivity contribution in [2.75, 3.05) is 29.5 Å². The van der Waals surface area contributed by atoms with Crippen LogP contribution in [-0.4, -0.2) is 36.0 Å². The summed E-state index contributed by atoms with van der Waals surface area (Å²) in [5.74, 6) is 0.0564. The number of carbonyl (C=O) groups is 1. The fourth-order valence-corrected chi connectivity index (χ4v) is 4.03. The van der Waals surface area contributed by atoms with Gasteiger partial charge in [0.25, 0.3) is 0 Å². The monoisotopic (exact) mass is 286 g/mol.